The minimum absolute atomic E-state index is 0.0341. The van der Waals surface area contributed by atoms with E-state index >= 15 is 0 Å². The van der Waals surface area contributed by atoms with Crippen LogP contribution in [0.25, 0.3) is 0 Å². The first-order valence-corrected chi connectivity index (χ1v) is 9.91. The van der Waals surface area contributed by atoms with Crippen LogP contribution >= 0.6 is 0 Å². The molecule has 1 aliphatic heterocycles. The quantitative estimate of drug-likeness (QED) is 0.527. The van der Waals surface area contributed by atoms with Gasteiger partial charge in [-0.1, -0.05) is 0 Å². The van der Waals surface area contributed by atoms with Crippen LogP contribution in [0.5, 0.6) is 0 Å². The molecular formula is C20H29N7O2. The number of nitrogens with zero attached hydrogens (tertiary/aromatic N) is 5. The predicted octanol–water partition coefficient (Wildman–Crippen LogP) is 0.905. The fraction of sp³-hybridized carbons (Fsp3) is 0.500. The maximum atomic E-state index is 11.9. The Labute approximate surface area is 171 Å². The number of rotatable bonds is 7. The summed E-state index contributed by atoms with van der Waals surface area (Å²) in [5.41, 5.74) is 0. The van der Waals surface area contributed by atoms with Gasteiger partial charge < -0.3 is 24.9 Å². The average Bonchev–Trinajstić information content (AvgIpc) is 3.26. The number of amides is 1. The van der Waals surface area contributed by atoms with Gasteiger partial charge in [-0.25, -0.2) is 15.0 Å². The summed E-state index contributed by atoms with van der Waals surface area (Å²) >= 11 is 0. The van der Waals surface area contributed by atoms with Crippen molar-refractivity contribution in [2.24, 2.45) is 4.99 Å². The van der Waals surface area contributed by atoms with Crippen LogP contribution in [-0.4, -0.2) is 73.1 Å². The Morgan fingerprint density at radius 1 is 1.28 bits per heavy atom. The van der Waals surface area contributed by atoms with E-state index in [0.717, 1.165) is 44.1 Å². The Morgan fingerprint density at radius 3 is 2.69 bits per heavy atom. The van der Waals surface area contributed by atoms with Gasteiger partial charge in [0.25, 0.3) is 0 Å². The van der Waals surface area contributed by atoms with E-state index in [1.165, 1.54) is 0 Å². The minimum atomic E-state index is -0.0341. The topological polar surface area (TPSA) is 98.9 Å². The number of nitrogens with one attached hydrogen (secondary N) is 2. The Morgan fingerprint density at radius 2 is 2.03 bits per heavy atom. The van der Waals surface area contributed by atoms with Gasteiger partial charge in [-0.15, -0.1) is 0 Å². The maximum Gasteiger partial charge on any atom is 0.243 e. The summed E-state index contributed by atoms with van der Waals surface area (Å²) < 4.78 is 5.37. The minimum Gasteiger partial charge on any atom is -0.469 e. The van der Waals surface area contributed by atoms with E-state index in [1.54, 1.807) is 37.7 Å². The molecule has 0 bridgehead atoms. The van der Waals surface area contributed by atoms with E-state index in [9.17, 15) is 4.79 Å². The lowest BCUT2D eigenvalue weighted by Crippen LogP contribution is -2.49. The zero-order chi connectivity index (χ0) is 20.5. The molecule has 0 aliphatic carbocycles. The molecule has 2 aromatic rings. The third kappa shape index (κ3) is 6.48. The summed E-state index contributed by atoms with van der Waals surface area (Å²) in [6.45, 7) is 2.53. The van der Waals surface area contributed by atoms with Crippen molar-refractivity contribution in [2.75, 3.05) is 45.2 Å². The standard InChI is InChI=1S/C20H29N7O2/c1-26(2)18(28)15-24-19(21-11-6-17-5-3-14-29-17)25-16-7-12-27(13-8-16)20-22-9-4-10-23-20/h3-5,9-10,14,16H,6-8,11-13,15H2,1-2H3,(H2,21,24,25). The number of likely N-dealkylation sites (N-methyl/N-ethyl adjacent to an activating group) is 1. The van der Waals surface area contributed by atoms with Gasteiger partial charge in [-0.2, -0.15) is 0 Å². The summed E-state index contributed by atoms with van der Waals surface area (Å²) in [4.78, 5) is 28.8. The maximum absolute atomic E-state index is 11.9. The molecule has 0 spiro atoms. The second kappa shape index (κ2) is 10.4. The molecule has 0 atom stereocenters. The van der Waals surface area contributed by atoms with Gasteiger partial charge in [0, 0.05) is 58.6 Å². The Hall–Kier alpha value is -3.10. The van der Waals surface area contributed by atoms with Gasteiger partial charge >= 0.3 is 0 Å². The highest BCUT2D eigenvalue weighted by Gasteiger charge is 2.21. The number of aliphatic imine (C=N–C) groups is 1. The number of anilines is 1. The van der Waals surface area contributed by atoms with Crippen molar-refractivity contribution in [3.8, 4) is 0 Å². The first-order valence-electron chi connectivity index (χ1n) is 9.91. The molecule has 9 nitrogen and oxygen atoms in total. The number of hydrogen-bond acceptors (Lipinski definition) is 6. The van der Waals surface area contributed by atoms with Crippen molar-refractivity contribution in [3.05, 3.63) is 42.6 Å². The second-order valence-electron chi connectivity index (χ2n) is 7.16. The first kappa shape index (κ1) is 20.6. The average molecular weight is 399 g/mol. The summed E-state index contributed by atoms with van der Waals surface area (Å²) in [5, 5.41) is 6.78. The Bertz CT molecular complexity index is 769. The number of hydrogen-bond donors (Lipinski definition) is 2. The lowest BCUT2D eigenvalue weighted by Gasteiger charge is -2.33. The van der Waals surface area contributed by atoms with Crippen LogP contribution in [0.1, 0.15) is 18.6 Å². The Balaban J connectivity index is 1.52. The first-order chi connectivity index (χ1) is 14.1. The molecule has 0 radical (unpaired) electrons. The molecule has 1 aliphatic rings. The summed E-state index contributed by atoms with van der Waals surface area (Å²) in [5.74, 6) is 2.31. The molecule has 1 amide bonds. The number of furan rings is 1. The monoisotopic (exact) mass is 399 g/mol. The molecule has 1 saturated heterocycles. The summed E-state index contributed by atoms with van der Waals surface area (Å²) in [7, 11) is 3.47. The van der Waals surface area contributed by atoms with Crippen molar-refractivity contribution in [2.45, 2.75) is 25.3 Å². The van der Waals surface area contributed by atoms with Crippen LogP contribution in [0.15, 0.2) is 46.3 Å². The van der Waals surface area contributed by atoms with Crippen molar-refractivity contribution in [1.29, 1.82) is 0 Å². The zero-order valence-electron chi connectivity index (χ0n) is 17.0. The molecule has 9 heteroatoms. The van der Waals surface area contributed by atoms with Gasteiger partial charge in [-0.3, -0.25) is 4.79 Å². The fourth-order valence-corrected chi connectivity index (χ4v) is 3.07. The smallest absolute Gasteiger partial charge is 0.243 e. The number of piperidine rings is 1. The third-order valence-corrected chi connectivity index (χ3v) is 4.79. The fourth-order valence-electron chi connectivity index (χ4n) is 3.07. The molecule has 0 saturated carbocycles. The molecule has 3 heterocycles. The van der Waals surface area contributed by atoms with Gasteiger partial charge in [0.05, 0.1) is 6.26 Å². The van der Waals surface area contributed by atoms with E-state index in [4.69, 9.17) is 4.42 Å². The molecular weight excluding hydrogens is 370 g/mol. The number of guanidine groups is 1. The van der Waals surface area contributed by atoms with E-state index < -0.39 is 0 Å². The van der Waals surface area contributed by atoms with Crippen LogP contribution in [0.4, 0.5) is 5.95 Å². The molecule has 2 aromatic heterocycles. The normalized spacial score (nSPS) is 15.2. The number of carbonyl (C=O) groups is 1. The van der Waals surface area contributed by atoms with E-state index in [0.29, 0.717) is 12.5 Å². The van der Waals surface area contributed by atoms with E-state index in [1.807, 2.05) is 18.2 Å². The van der Waals surface area contributed by atoms with Crippen molar-refractivity contribution >= 4 is 17.8 Å². The molecule has 1 fully saturated rings. The molecule has 0 unspecified atom stereocenters. The highest BCUT2D eigenvalue weighted by Crippen LogP contribution is 2.15. The van der Waals surface area contributed by atoms with Crippen LogP contribution < -0.4 is 15.5 Å². The highest BCUT2D eigenvalue weighted by molar-refractivity contribution is 5.84. The highest BCUT2D eigenvalue weighted by atomic mass is 16.3. The third-order valence-electron chi connectivity index (χ3n) is 4.79. The van der Waals surface area contributed by atoms with Crippen LogP contribution in [0.2, 0.25) is 0 Å². The molecule has 156 valence electrons. The lowest BCUT2D eigenvalue weighted by atomic mass is 10.1. The largest absolute Gasteiger partial charge is 0.469 e. The van der Waals surface area contributed by atoms with Gasteiger partial charge in [0.2, 0.25) is 11.9 Å². The number of carbonyl (C=O) groups excluding carboxylic acids is 1. The van der Waals surface area contributed by atoms with Crippen molar-refractivity contribution in [3.63, 3.8) is 0 Å². The molecule has 0 aromatic carbocycles. The lowest BCUT2D eigenvalue weighted by molar-refractivity contribution is -0.127. The van der Waals surface area contributed by atoms with Crippen molar-refractivity contribution < 1.29 is 9.21 Å². The van der Waals surface area contributed by atoms with Gasteiger partial charge in [0.1, 0.15) is 12.3 Å². The Kier molecular flexibility index (Phi) is 7.43. The molecule has 2 N–H and O–H groups in total. The van der Waals surface area contributed by atoms with Crippen LogP contribution in [-0.2, 0) is 11.2 Å². The van der Waals surface area contributed by atoms with Crippen LogP contribution in [0.3, 0.4) is 0 Å². The SMILES string of the molecule is CN(C)C(=O)CN=C(NCCc1ccco1)NC1CCN(c2ncccn2)CC1. The molecule has 29 heavy (non-hydrogen) atoms. The summed E-state index contributed by atoms with van der Waals surface area (Å²) in [6.07, 6.45) is 7.84. The zero-order valence-corrected chi connectivity index (χ0v) is 17.0. The van der Waals surface area contributed by atoms with E-state index in [-0.39, 0.29) is 18.5 Å². The van der Waals surface area contributed by atoms with Crippen LogP contribution in [0, 0.1) is 0 Å². The van der Waals surface area contributed by atoms with E-state index in [2.05, 4.69) is 30.5 Å². The van der Waals surface area contributed by atoms with Crippen molar-refractivity contribution in [1.82, 2.24) is 25.5 Å². The van der Waals surface area contributed by atoms with Gasteiger partial charge in [0.15, 0.2) is 5.96 Å². The number of aromatic nitrogens is 2. The molecule has 3 rings (SSSR count). The van der Waals surface area contributed by atoms with Gasteiger partial charge in [-0.05, 0) is 31.0 Å². The predicted molar refractivity (Wildman–Crippen MR) is 112 cm³/mol. The second-order valence-corrected chi connectivity index (χ2v) is 7.16. The summed E-state index contributed by atoms with van der Waals surface area (Å²) in [6, 6.07) is 5.93.